The predicted octanol–water partition coefficient (Wildman–Crippen LogP) is 5.90. The number of aromatic nitrogens is 4. The maximum atomic E-state index is 12.6. The van der Waals surface area contributed by atoms with Crippen LogP contribution in [0.25, 0.3) is 0 Å². The minimum atomic E-state index is -0.369. The molecule has 0 saturated heterocycles. The van der Waals surface area contributed by atoms with Gasteiger partial charge in [0.05, 0.1) is 16.0 Å². The number of benzene rings is 2. The summed E-state index contributed by atoms with van der Waals surface area (Å²) in [6, 6.07) is 15.2. The van der Waals surface area contributed by atoms with Crippen LogP contribution in [-0.4, -0.2) is 25.5 Å². The highest BCUT2D eigenvalue weighted by Gasteiger charge is 2.15. The van der Waals surface area contributed by atoms with Crippen LogP contribution in [0, 0.1) is 6.92 Å². The molecule has 164 valence electrons. The van der Waals surface area contributed by atoms with Crippen LogP contribution in [0.3, 0.4) is 0 Å². The molecule has 0 spiro atoms. The van der Waals surface area contributed by atoms with Crippen molar-refractivity contribution in [2.45, 2.75) is 20.2 Å². The van der Waals surface area contributed by atoms with E-state index >= 15 is 0 Å². The van der Waals surface area contributed by atoms with Crippen LogP contribution in [0.15, 0.2) is 69.9 Å². The van der Waals surface area contributed by atoms with Crippen molar-refractivity contribution < 1.29 is 9.53 Å². The highest BCUT2D eigenvalue weighted by Crippen LogP contribution is 2.28. The van der Waals surface area contributed by atoms with Crippen molar-refractivity contribution in [3.63, 3.8) is 0 Å². The first-order valence-corrected chi connectivity index (χ1v) is 11.5. The largest absolute Gasteiger partial charge is 0.470 e. The summed E-state index contributed by atoms with van der Waals surface area (Å²) in [5.41, 5.74) is 2.57. The third kappa shape index (κ3) is 5.59. The SMILES string of the molecule is Cc1ccc(Cn2cc(Br)c(NC(=O)c3ccn(COc4ccc(Br)cc4Cl)n3)n2)cc1. The summed E-state index contributed by atoms with van der Waals surface area (Å²) in [6.45, 7) is 2.76. The van der Waals surface area contributed by atoms with Gasteiger partial charge in [-0.25, -0.2) is 4.68 Å². The van der Waals surface area contributed by atoms with Crippen molar-refractivity contribution in [3.05, 3.63) is 91.7 Å². The summed E-state index contributed by atoms with van der Waals surface area (Å²) in [7, 11) is 0. The molecule has 2 aromatic heterocycles. The molecule has 0 aliphatic heterocycles. The Bertz CT molecular complexity index is 1250. The number of nitrogens with zero attached hydrogens (tertiary/aromatic N) is 4. The van der Waals surface area contributed by atoms with Crippen molar-refractivity contribution in [2.75, 3.05) is 5.32 Å². The van der Waals surface area contributed by atoms with Gasteiger partial charge in [0.1, 0.15) is 5.75 Å². The summed E-state index contributed by atoms with van der Waals surface area (Å²) < 4.78 is 10.5. The van der Waals surface area contributed by atoms with E-state index in [0.717, 1.165) is 10.0 Å². The molecule has 0 aliphatic carbocycles. The van der Waals surface area contributed by atoms with Gasteiger partial charge in [-0.1, -0.05) is 57.4 Å². The van der Waals surface area contributed by atoms with Crippen LogP contribution in [0.4, 0.5) is 5.82 Å². The first-order chi connectivity index (χ1) is 15.4. The lowest BCUT2D eigenvalue weighted by Crippen LogP contribution is -2.15. The summed E-state index contributed by atoms with van der Waals surface area (Å²) >= 11 is 13.0. The Morgan fingerprint density at radius 2 is 1.88 bits per heavy atom. The molecule has 32 heavy (non-hydrogen) atoms. The normalized spacial score (nSPS) is 10.9. The van der Waals surface area contributed by atoms with Gasteiger partial charge in [-0.15, -0.1) is 0 Å². The Kier molecular flexibility index (Phi) is 6.98. The third-order valence-corrected chi connectivity index (χ3v) is 5.90. The number of amides is 1. The van der Waals surface area contributed by atoms with Crippen molar-refractivity contribution in [1.82, 2.24) is 19.6 Å². The summed E-state index contributed by atoms with van der Waals surface area (Å²) in [4.78, 5) is 12.6. The number of carbonyl (C=O) groups is 1. The number of nitrogens with one attached hydrogen (secondary N) is 1. The number of carbonyl (C=O) groups excluding carboxylic acids is 1. The Hall–Kier alpha value is -2.62. The predicted molar refractivity (Wildman–Crippen MR) is 130 cm³/mol. The molecule has 0 saturated carbocycles. The molecule has 0 fully saturated rings. The fraction of sp³-hybridized carbons (Fsp3) is 0.136. The van der Waals surface area contributed by atoms with Gasteiger partial charge in [0.15, 0.2) is 18.2 Å². The zero-order chi connectivity index (χ0) is 22.7. The van der Waals surface area contributed by atoms with E-state index in [2.05, 4.69) is 71.6 Å². The van der Waals surface area contributed by atoms with E-state index in [1.54, 1.807) is 29.1 Å². The molecule has 2 heterocycles. The molecular formula is C22H18Br2ClN5O2. The highest BCUT2D eigenvalue weighted by atomic mass is 79.9. The number of hydrogen-bond acceptors (Lipinski definition) is 4. The number of ether oxygens (including phenoxy) is 1. The number of anilines is 1. The molecule has 0 aliphatic rings. The van der Waals surface area contributed by atoms with Crippen molar-refractivity contribution in [1.29, 1.82) is 0 Å². The van der Waals surface area contributed by atoms with Crippen LogP contribution in [0.1, 0.15) is 21.6 Å². The number of hydrogen-bond donors (Lipinski definition) is 1. The van der Waals surface area contributed by atoms with Crippen molar-refractivity contribution in [3.8, 4) is 5.75 Å². The van der Waals surface area contributed by atoms with Gasteiger partial charge < -0.3 is 10.1 Å². The molecule has 0 atom stereocenters. The molecule has 1 N–H and O–H groups in total. The Balaban J connectivity index is 1.37. The Labute approximate surface area is 206 Å². The van der Waals surface area contributed by atoms with Gasteiger partial charge in [0, 0.05) is 16.9 Å². The van der Waals surface area contributed by atoms with Gasteiger partial charge in [0.25, 0.3) is 5.91 Å². The van der Waals surface area contributed by atoms with Crippen LogP contribution in [0.2, 0.25) is 5.02 Å². The maximum Gasteiger partial charge on any atom is 0.277 e. The minimum Gasteiger partial charge on any atom is -0.470 e. The van der Waals surface area contributed by atoms with Crippen LogP contribution < -0.4 is 10.1 Å². The molecule has 2 aromatic carbocycles. The molecule has 4 rings (SSSR count). The topological polar surface area (TPSA) is 74.0 Å². The lowest BCUT2D eigenvalue weighted by atomic mass is 10.1. The minimum absolute atomic E-state index is 0.115. The molecular weight excluding hydrogens is 562 g/mol. The second kappa shape index (κ2) is 9.89. The quantitative estimate of drug-likeness (QED) is 0.296. The van der Waals surface area contributed by atoms with E-state index in [4.69, 9.17) is 16.3 Å². The van der Waals surface area contributed by atoms with Gasteiger partial charge >= 0.3 is 0 Å². The lowest BCUT2D eigenvalue weighted by molar-refractivity contribution is 0.101. The van der Waals surface area contributed by atoms with Gasteiger partial charge in [-0.2, -0.15) is 10.2 Å². The van der Waals surface area contributed by atoms with Crippen LogP contribution in [0.5, 0.6) is 5.75 Å². The number of aryl methyl sites for hydroxylation is 1. The average Bonchev–Trinajstić information content (AvgIpc) is 3.36. The highest BCUT2D eigenvalue weighted by molar-refractivity contribution is 9.10. The molecule has 1 amide bonds. The smallest absolute Gasteiger partial charge is 0.277 e. The van der Waals surface area contributed by atoms with Gasteiger partial charge in [-0.3, -0.25) is 9.48 Å². The van der Waals surface area contributed by atoms with E-state index in [0.29, 0.717) is 27.6 Å². The lowest BCUT2D eigenvalue weighted by Gasteiger charge is -2.08. The molecule has 7 nitrogen and oxygen atoms in total. The zero-order valence-corrected chi connectivity index (χ0v) is 20.9. The number of halogens is 3. The first-order valence-electron chi connectivity index (χ1n) is 9.58. The molecule has 0 radical (unpaired) electrons. The monoisotopic (exact) mass is 577 g/mol. The zero-order valence-electron chi connectivity index (χ0n) is 16.9. The standard InChI is InChI=1S/C22H18Br2ClN5O2/c1-14-2-4-15(5-3-14)11-30-12-17(24)21(28-30)26-22(31)19-8-9-29(27-19)13-32-20-7-6-16(23)10-18(20)25/h2-10,12H,11,13H2,1H3,(H,26,28,31). The van der Waals surface area contributed by atoms with Crippen molar-refractivity contribution >= 4 is 55.2 Å². The van der Waals surface area contributed by atoms with E-state index in [9.17, 15) is 4.79 Å². The molecule has 10 heteroatoms. The van der Waals surface area contributed by atoms with E-state index in [1.165, 1.54) is 10.2 Å². The fourth-order valence-electron chi connectivity index (χ4n) is 2.90. The van der Waals surface area contributed by atoms with Crippen LogP contribution >= 0.6 is 43.5 Å². The first kappa shape index (κ1) is 22.6. The fourth-order valence-corrected chi connectivity index (χ4v) is 4.04. The molecule has 0 bridgehead atoms. The summed E-state index contributed by atoms with van der Waals surface area (Å²) in [6.07, 6.45) is 3.48. The summed E-state index contributed by atoms with van der Waals surface area (Å²) in [5.74, 6) is 0.584. The molecule has 0 unspecified atom stereocenters. The summed E-state index contributed by atoms with van der Waals surface area (Å²) in [5, 5.41) is 12.0. The second-order valence-electron chi connectivity index (χ2n) is 7.05. The second-order valence-corrected chi connectivity index (χ2v) is 9.23. The van der Waals surface area contributed by atoms with E-state index < -0.39 is 0 Å². The Morgan fingerprint density at radius 1 is 1.09 bits per heavy atom. The average molecular weight is 580 g/mol. The van der Waals surface area contributed by atoms with E-state index in [1.807, 2.05) is 19.2 Å². The Morgan fingerprint density at radius 3 is 2.62 bits per heavy atom. The maximum absolute atomic E-state index is 12.6. The van der Waals surface area contributed by atoms with Crippen LogP contribution in [-0.2, 0) is 13.3 Å². The third-order valence-electron chi connectivity index (χ3n) is 4.53. The van der Waals surface area contributed by atoms with E-state index in [-0.39, 0.29) is 18.3 Å². The number of rotatable bonds is 7. The van der Waals surface area contributed by atoms with Gasteiger partial charge in [0.2, 0.25) is 0 Å². The van der Waals surface area contributed by atoms with Gasteiger partial charge in [-0.05, 0) is 52.7 Å². The van der Waals surface area contributed by atoms with Crippen molar-refractivity contribution in [2.24, 2.45) is 0 Å². The molecule has 4 aromatic rings.